The van der Waals surface area contributed by atoms with Crippen LogP contribution in [0.5, 0.6) is 0 Å². The molecule has 0 aromatic heterocycles. The molecule has 3 aromatic carbocycles. The van der Waals surface area contributed by atoms with E-state index in [0.717, 1.165) is 27.9 Å². The number of carbonyl (C=O) groups excluding carboxylic acids is 3. The van der Waals surface area contributed by atoms with E-state index < -0.39 is 11.6 Å². The zero-order valence-corrected chi connectivity index (χ0v) is 22.3. The van der Waals surface area contributed by atoms with E-state index in [1.165, 1.54) is 0 Å². The predicted octanol–water partition coefficient (Wildman–Crippen LogP) is 4.19. The van der Waals surface area contributed by atoms with E-state index in [9.17, 15) is 14.4 Å². The smallest absolute Gasteiger partial charge is 0.251 e. The van der Waals surface area contributed by atoms with Crippen LogP contribution in [-0.2, 0) is 22.6 Å². The van der Waals surface area contributed by atoms with Gasteiger partial charge in [-0.25, -0.2) is 0 Å². The Hall–Kier alpha value is -3.97. The van der Waals surface area contributed by atoms with E-state index in [-0.39, 0.29) is 24.1 Å². The van der Waals surface area contributed by atoms with Crippen molar-refractivity contribution in [2.24, 2.45) is 5.73 Å². The minimum Gasteiger partial charge on any atom is -0.352 e. The van der Waals surface area contributed by atoms with Crippen LogP contribution in [0.25, 0.3) is 11.1 Å². The molecule has 3 aromatic rings. The van der Waals surface area contributed by atoms with Crippen molar-refractivity contribution in [1.82, 2.24) is 10.6 Å². The van der Waals surface area contributed by atoms with E-state index >= 15 is 0 Å². The summed E-state index contributed by atoms with van der Waals surface area (Å²) in [7, 11) is 0. The van der Waals surface area contributed by atoms with Crippen LogP contribution >= 0.6 is 0 Å². The SMILES string of the molecule is CCNC(=O)c1ccccc1-c1ccc(CN2C(=O)[C@H](NC(=O)CC(C)(C)N)CCc3ccccc32)cc1. The summed E-state index contributed by atoms with van der Waals surface area (Å²) in [6, 6.07) is 22.7. The molecule has 1 aliphatic rings. The molecule has 0 bridgehead atoms. The van der Waals surface area contributed by atoms with Crippen molar-refractivity contribution in [2.75, 3.05) is 11.4 Å². The first kappa shape index (κ1) is 27.1. The largest absolute Gasteiger partial charge is 0.352 e. The number of amides is 3. The van der Waals surface area contributed by atoms with Crippen LogP contribution in [-0.4, -0.2) is 35.8 Å². The topological polar surface area (TPSA) is 105 Å². The van der Waals surface area contributed by atoms with Gasteiger partial charge >= 0.3 is 0 Å². The van der Waals surface area contributed by atoms with Gasteiger partial charge < -0.3 is 21.3 Å². The first-order valence-electron chi connectivity index (χ1n) is 13.1. The Balaban J connectivity index is 1.59. The molecule has 1 atom stereocenters. The fraction of sp³-hybridized carbons (Fsp3) is 0.323. The van der Waals surface area contributed by atoms with Crippen LogP contribution in [0.2, 0.25) is 0 Å². The lowest BCUT2D eigenvalue weighted by Crippen LogP contribution is -2.49. The van der Waals surface area contributed by atoms with Crippen molar-refractivity contribution in [3.63, 3.8) is 0 Å². The van der Waals surface area contributed by atoms with Crippen LogP contribution in [0.4, 0.5) is 5.69 Å². The maximum atomic E-state index is 13.7. The standard InChI is InChI=1S/C31H36N4O3/c1-4-33-29(37)25-11-7-6-10-24(25)22-15-13-21(14-16-22)20-35-27-12-8-5-9-23(27)17-18-26(30(35)38)34-28(36)19-31(2,3)32/h5-16,26H,4,17-20,32H2,1-3H3,(H,33,37)(H,34,36)/t26-/m1/s1. The van der Waals surface area contributed by atoms with Crippen molar-refractivity contribution in [1.29, 1.82) is 0 Å². The van der Waals surface area contributed by atoms with Crippen LogP contribution in [0, 0.1) is 0 Å². The molecule has 0 saturated carbocycles. The molecule has 1 heterocycles. The highest BCUT2D eigenvalue weighted by Crippen LogP contribution is 2.30. The van der Waals surface area contributed by atoms with Crippen LogP contribution in [0.1, 0.15) is 55.1 Å². The summed E-state index contributed by atoms with van der Waals surface area (Å²) in [5, 5.41) is 5.79. The molecule has 0 fully saturated rings. The Morgan fingerprint density at radius 2 is 1.68 bits per heavy atom. The Morgan fingerprint density at radius 3 is 2.39 bits per heavy atom. The number of carbonyl (C=O) groups is 3. The summed E-state index contributed by atoms with van der Waals surface area (Å²) in [5.41, 5.74) is 10.6. The number of nitrogens with two attached hydrogens (primary N) is 1. The minimum atomic E-state index is -0.655. The number of nitrogens with zero attached hydrogens (tertiary/aromatic N) is 1. The number of anilines is 1. The number of benzene rings is 3. The van der Waals surface area contributed by atoms with Gasteiger partial charge in [0.05, 0.1) is 6.54 Å². The van der Waals surface area contributed by atoms with Gasteiger partial charge in [-0.1, -0.05) is 60.7 Å². The number of hydrogen-bond acceptors (Lipinski definition) is 4. The highest BCUT2D eigenvalue weighted by molar-refractivity contribution is 6.01. The van der Waals surface area contributed by atoms with Crippen LogP contribution in [0.15, 0.2) is 72.8 Å². The number of hydrogen-bond donors (Lipinski definition) is 3. The normalized spacial score (nSPS) is 15.4. The monoisotopic (exact) mass is 512 g/mol. The zero-order chi connectivity index (χ0) is 27.3. The molecular weight excluding hydrogens is 476 g/mol. The molecule has 0 spiro atoms. The Bertz CT molecular complexity index is 1310. The molecule has 1 aliphatic heterocycles. The van der Waals surface area contributed by atoms with Gasteiger partial charge in [0.2, 0.25) is 11.8 Å². The fourth-order valence-corrected chi connectivity index (χ4v) is 4.83. The molecule has 4 N–H and O–H groups in total. The average molecular weight is 513 g/mol. The Labute approximate surface area is 224 Å². The van der Waals surface area contributed by atoms with E-state index in [0.29, 0.717) is 31.5 Å². The van der Waals surface area contributed by atoms with E-state index in [1.54, 1.807) is 18.7 Å². The molecule has 0 unspecified atom stereocenters. The Morgan fingerprint density at radius 1 is 1.00 bits per heavy atom. The maximum Gasteiger partial charge on any atom is 0.251 e. The van der Waals surface area contributed by atoms with Gasteiger partial charge in [0.15, 0.2) is 0 Å². The second-order valence-electron chi connectivity index (χ2n) is 10.5. The molecule has 198 valence electrons. The number of rotatable bonds is 8. The molecule has 7 nitrogen and oxygen atoms in total. The van der Waals surface area contributed by atoms with E-state index in [2.05, 4.69) is 10.6 Å². The van der Waals surface area contributed by atoms with Crippen molar-refractivity contribution in [2.45, 2.75) is 58.2 Å². The molecule has 38 heavy (non-hydrogen) atoms. The van der Waals surface area contributed by atoms with Gasteiger partial charge in [0.1, 0.15) is 6.04 Å². The van der Waals surface area contributed by atoms with Gasteiger partial charge in [-0.15, -0.1) is 0 Å². The maximum absolute atomic E-state index is 13.7. The average Bonchev–Trinajstić information content (AvgIpc) is 3.01. The number of fused-ring (bicyclic) bond motifs is 1. The first-order valence-corrected chi connectivity index (χ1v) is 13.1. The highest BCUT2D eigenvalue weighted by Gasteiger charge is 2.32. The number of aryl methyl sites for hydroxylation is 1. The third kappa shape index (κ3) is 6.47. The molecule has 3 amide bonds. The summed E-state index contributed by atoms with van der Waals surface area (Å²) in [4.78, 5) is 40.6. The molecule has 4 rings (SSSR count). The summed E-state index contributed by atoms with van der Waals surface area (Å²) >= 11 is 0. The third-order valence-electron chi connectivity index (χ3n) is 6.61. The number of para-hydroxylation sites is 1. The Kier molecular flexibility index (Phi) is 8.27. The van der Waals surface area contributed by atoms with Gasteiger partial charge in [0, 0.05) is 29.8 Å². The molecular formula is C31H36N4O3. The third-order valence-corrected chi connectivity index (χ3v) is 6.61. The van der Waals surface area contributed by atoms with Crippen molar-refractivity contribution in [3.8, 4) is 11.1 Å². The summed E-state index contributed by atoms with van der Waals surface area (Å²) in [6.45, 7) is 6.40. The molecule has 0 saturated heterocycles. The van der Waals surface area contributed by atoms with E-state index in [4.69, 9.17) is 5.73 Å². The molecule has 7 heteroatoms. The summed E-state index contributed by atoms with van der Waals surface area (Å²) < 4.78 is 0. The van der Waals surface area contributed by atoms with Crippen molar-refractivity contribution >= 4 is 23.4 Å². The van der Waals surface area contributed by atoms with Crippen LogP contribution < -0.4 is 21.3 Å². The summed E-state index contributed by atoms with van der Waals surface area (Å²) in [5.74, 6) is -0.467. The lowest BCUT2D eigenvalue weighted by molar-refractivity contribution is -0.128. The van der Waals surface area contributed by atoms with Gasteiger partial charge in [0.25, 0.3) is 5.91 Å². The van der Waals surface area contributed by atoms with Crippen LogP contribution in [0.3, 0.4) is 0 Å². The molecule has 0 radical (unpaired) electrons. The lowest BCUT2D eigenvalue weighted by Gasteiger charge is -2.27. The second kappa shape index (κ2) is 11.6. The minimum absolute atomic E-state index is 0.106. The van der Waals surface area contributed by atoms with Gasteiger partial charge in [-0.2, -0.15) is 0 Å². The quantitative estimate of drug-likeness (QED) is 0.421. The van der Waals surface area contributed by atoms with Gasteiger partial charge in [-0.05, 0) is 68.0 Å². The van der Waals surface area contributed by atoms with Gasteiger partial charge in [-0.3, -0.25) is 14.4 Å². The number of nitrogens with one attached hydrogen (secondary N) is 2. The molecule has 0 aliphatic carbocycles. The predicted molar refractivity (Wildman–Crippen MR) is 151 cm³/mol. The first-order chi connectivity index (χ1) is 18.2. The summed E-state index contributed by atoms with van der Waals surface area (Å²) in [6.07, 6.45) is 1.35. The van der Waals surface area contributed by atoms with E-state index in [1.807, 2.05) is 79.7 Å². The second-order valence-corrected chi connectivity index (χ2v) is 10.5. The van der Waals surface area contributed by atoms with Crippen molar-refractivity contribution in [3.05, 3.63) is 89.5 Å². The zero-order valence-electron chi connectivity index (χ0n) is 22.3. The highest BCUT2D eigenvalue weighted by atomic mass is 16.2. The fourth-order valence-electron chi connectivity index (χ4n) is 4.83. The van der Waals surface area contributed by atoms with Crippen molar-refractivity contribution < 1.29 is 14.4 Å². The lowest BCUT2D eigenvalue weighted by atomic mass is 9.98.